The summed E-state index contributed by atoms with van der Waals surface area (Å²) in [4.78, 5) is 16.7. The molecular weight excluding hydrogens is 188 g/mol. The first-order valence-electron chi connectivity index (χ1n) is 1.13. The van der Waals surface area contributed by atoms with E-state index < -0.39 is 10.2 Å². The van der Waals surface area contributed by atoms with Crippen LogP contribution in [0.15, 0.2) is 0 Å². The number of nitrogens with zero attached hydrogens (tertiary/aromatic N) is 2. The van der Waals surface area contributed by atoms with E-state index in [1.54, 1.807) is 0 Å². The zero-order valence-corrected chi connectivity index (χ0v) is 4.67. The molecule has 0 heterocycles. The normalized spacial score (nSPS) is 5.33. The van der Waals surface area contributed by atoms with Crippen LogP contribution in [0.2, 0.25) is 0 Å². The molecule has 0 rings (SSSR count). The van der Waals surface area contributed by atoms with Crippen LogP contribution >= 0.6 is 0 Å². The smallest absolute Gasteiger partial charge is 0.291 e. The molecule has 0 aromatic carbocycles. The predicted octanol–water partition coefficient (Wildman–Crippen LogP) is -0.698. The predicted molar refractivity (Wildman–Crippen MR) is 17.6 cm³/mol. The summed E-state index contributed by atoms with van der Waals surface area (Å²) in [5, 5.41) is 27.3. The third kappa shape index (κ3) is 143. The Labute approximate surface area is 58.8 Å². The summed E-state index contributed by atoms with van der Waals surface area (Å²) in [7, 11) is 0. The van der Waals surface area contributed by atoms with Gasteiger partial charge in [-0.3, -0.25) is 0 Å². The van der Waals surface area contributed by atoms with Gasteiger partial charge in [-0.15, -0.1) is 20.2 Å². The molecule has 0 fully saturated rings. The van der Waals surface area contributed by atoms with Gasteiger partial charge in [-0.25, -0.2) is 0 Å². The van der Waals surface area contributed by atoms with Gasteiger partial charge in [-0.05, 0) is 0 Å². The fourth-order valence-corrected chi connectivity index (χ4v) is 0. The maximum absolute atomic E-state index is 8.36. The van der Waals surface area contributed by atoms with Crippen molar-refractivity contribution in [3.05, 3.63) is 20.2 Å². The van der Waals surface area contributed by atoms with Crippen LogP contribution in [0.4, 0.5) is 0 Å². The van der Waals surface area contributed by atoms with Crippen LogP contribution in [-0.4, -0.2) is 20.6 Å². The largest absolute Gasteiger partial charge is 0.328 e. The van der Waals surface area contributed by atoms with Gasteiger partial charge in [0.2, 0.25) is 0 Å². The van der Waals surface area contributed by atoms with E-state index in [-0.39, 0.29) is 17.1 Å². The Morgan fingerprint density at radius 3 is 1.00 bits per heavy atom. The van der Waals surface area contributed by atoms with Gasteiger partial charge >= 0.3 is 0 Å². The minimum atomic E-state index is -1.50. The van der Waals surface area contributed by atoms with Gasteiger partial charge in [0.05, 0.1) is 0 Å². The van der Waals surface area contributed by atoms with Crippen LogP contribution in [0.3, 0.4) is 0 Å². The topological polar surface area (TPSA) is 127 Å². The molecule has 0 aromatic rings. The molecule has 0 aliphatic carbocycles. The summed E-state index contributed by atoms with van der Waals surface area (Å²) >= 11 is 0. The second-order valence-corrected chi connectivity index (χ2v) is 0.476. The van der Waals surface area contributed by atoms with Crippen LogP contribution in [-0.2, 0) is 17.1 Å². The van der Waals surface area contributed by atoms with Gasteiger partial charge in [-0.2, -0.15) is 0 Å². The van der Waals surface area contributed by atoms with Gasteiger partial charge in [0, 0.05) is 17.1 Å². The third-order valence-corrected chi connectivity index (χ3v) is 0. The Kier molecular flexibility index (Phi) is 17.4. The monoisotopic (exact) mass is 189 g/mol. The molecule has 0 aliphatic heterocycles. The second-order valence-electron chi connectivity index (χ2n) is 0.476. The average Bonchev–Trinajstić information content (AvgIpc) is 1.25. The van der Waals surface area contributed by atoms with Crippen LogP contribution in [0.5, 0.6) is 0 Å². The Balaban J connectivity index is -0.0000000720. The summed E-state index contributed by atoms with van der Waals surface area (Å²) in [5.41, 5.74) is 0. The molecule has 0 spiro atoms. The van der Waals surface area contributed by atoms with Crippen molar-refractivity contribution >= 4 is 0 Å². The van der Waals surface area contributed by atoms with Crippen LogP contribution in [0.1, 0.15) is 0 Å². The van der Waals surface area contributed by atoms with Gasteiger partial charge in [0.1, 0.15) is 0 Å². The van der Waals surface area contributed by atoms with Crippen molar-refractivity contribution in [3.63, 3.8) is 0 Å². The van der Waals surface area contributed by atoms with E-state index in [0.29, 0.717) is 0 Å². The molecule has 0 aliphatic rings. The Hall–Kier alpha value is -1.08. The zero-order valence-electron chi connectivity index (χ0n) is 3.72. The van der Waals surface area contributed by atoms with Crippen molar-refractivity contribution < 1.29 is 37.7 Å². The molecule has 9 heavy (non-hydrogen) atoms. The molecule has 1 radical (unpaired) electrons. The summed E-state index contributed by atoms with van der Waals surface area (Å²) in [6.45, 7) is 0. The first kappa shape index (κ1) is 15.7. The van der Waals surface area contributed by atoms with Gasteiger partial charge < -0.3 is 10.4 Å². The van der Waals surface area contributed by atoms with E-state index in [1.807, 2.05) is 0 Å². The molecule has 0 unspecified atom stereocenters. The Morgan fingerprint density at radius 1 is 1.00 bits per heavy atom. The van der Waals surface area contributed by atoms with Crippen LogP contribution in [0, 0.1) is 20.2 Å². The van der Waals surface area contributed by atoms with Crippen molar-refractivity contribution in [1.29, 1.82) is 0 Å². The zero-order chi connectivity index (χ0) is 7.15. The quantitative estimate of drug-likeness (QED) is 0.295. The van der Waals surface area contributed by atoms with Crippen molar-refractivity contribution in [2.45, 2.75) is 0 Å². The maximum atomic E-state index is 8.36. The molecular formula is H2CuN2O6. The minimum absolute atomic E-state index is 0. The summed E-state index contributed by atoms with van der Waals surface area (Å²) < 4.78 is 0. The minimum Gasteiger partial charge on any atom is -0.328 e. The first-order chi connectivity index (χ1) is 3.46. The van der Waals surface area contributed by atoms with E-state index >= 15 is 0 Å². The molecule has 0 atom stereocenters. The molecule has 0 saturated carbocycles. The molecule has 9 heteroatoms. The molecule has 0 amide bonds. The number of hydrogen-bond acceptors (Lipinski definition) is 4. The van der Waals surface area contributed by atoms with Crippen molar-refractivity contribution in [1.82, 2.24) is 0 Å². The van der Waals surface area contributed by atoms with Gasteiger partial charge in [0.25, 0.3) is 10.2 Å². The Morgan fingerprint density at radius 2 is 1.00 bits per heavy atom. The maximum Gasteiger partial charge on any atom is 0.291 e. The SMILES string of the molecule is O=[N+]([O-])O.O=[N+]([O-])O.[Cu]. The third-order valence-electron chi connectivity index (χ3n) is 0. The van der Waals surface area contributed by atoms with Crippen molar-refractivity contribution in [2.75, 3.05) is 0 Å². The molecule has 0 bridgehead atoms. The summed E-state index contributed by atoms with van der Waals surface area (Å²) in [6.07, 6.45) is 0. The number of hydrogen-bond donors (Lipinski definition) is 2. The second kappa shape index (κ2) is 10.0. The van der Waals surface area contributed by atoms with Crippen molar-refractivity contribution in [3.8, 4) is 0 Å². The summed E-state index contributed by atoms with van der Waals surface area (Å²) in [6, 6.07) is 0. The van der Waals surface area contributed by atoms with Crippen LogP contribution in [0.25, 0.3) is 0 Å². The Bertz CT molecular complexity index is 69.1. The molecule has 2 N–H and O–H groups in total. The molecule has 59 valence electrons. The standard InChI is InChI=1S/Cu.2HNO3/c;2*2-1(3)4/h;2*(H,2,3,4). The van der Waals surface area contributed by atoms with Gasteiger partial charge in [-0.1, -0.05) is 0 Å². The van der Waals surface area contributed by atoms with E-state index in [9.17, 15) is 0 Å². The molecule has 0 saturated heterocycles. The molecule has 0 aromatic heterocycles. The van der Waals surface area contributed by atoms with E-state index in [4.69, 9.17) is 30.6 Å². The van der Waals surface area contributed by atoms with Gasteiger partial charge in [0.15, 0.2) is 0 Å². The average molecular weight is 190 g/mol. The van der Waals surface area contributed by atoms with Crippen molar-refractivity contribution in [2.24, 2.45) is 0 Å². The van der Waals surface area contributed by atoms with E-state index in [1.165, 1.54) is 0 Å². The van der Waals surface area contributed by atoms with E-state index in [0.717, 1.165) is 0 Å². The first-order valence-corrected chi connectivity index (χ1v) is 1.13. The fraction of sp³-hybridized carbons (Fsp3) is 0. The van der Waals surface area contributed by atoms with E-state index in [2.05, 4.69) is 0 Å². The number of rotatable bonds is 0. The van der Waals surface area contributed by atoms with Crippen LogP contribution < -0.4 is 0 Å². The fourth-order valence-electron chi connectivity index (χ4n) is 0. The molecule has 8 nitrogen and oxygen atoms in total. The summed E-state index contributed by atoms with van der Waals surface area (Å²) in [5.74, 6) is 0.